The number of nitrogens with zero attached hydrogens (tertiary/aromatic N) is 1. The van der Waals surface area contributed by atoms with Crippen LogP contribution in [0.15, 0.2) is 60.7 Å². The fourth-order valence-electron chi connectivity index (χ4n) is 3.61. The maximum Gasteiger partial charge on any atom is 0.258 e. The molecule has 1 aliphatic heterocycles. The molecule has 31 heavy (non-hydrogen) atoms. The van der Waals surface area contributed by atoms with Crippen molar-refractivity contribution in [2.75, 3.05) is 18.6 Å². The second kappa shape index (κ2) is 9.04. The van der Waals surface area contributed by atoms with Gasteiger partial charge in [-0.1, -0.05) is 53.5 Å². The van der Waals surface area contributed by atoms with Crippen molar-refractivity contribution in [3.8, 4) is 11.5 Å². The van der Waals surface area contributed by atoms with Gasteiger partial charge in [0.15, 0.2) is 11.5 Å². The van der Waals surface area contributed by atoms with Crippen LogP contribution in [-0.2, 0) is 11.4 Å². The van der Waals surface area contributed by atoms with Gasteiger partial charge in [0.1, 0.15) is 6.61 Å². The summed E-state index contributed by atoms with van der Waals surface area (Å²) < 4.78 is 11.4. The molecule has 1 heterocycles. The number of carbonyl (C=O) groups is 1. The lowest BCUT2D eigenvalue weighted by Crippen LogP contribution is -2.25. The molecule has 4 nitrogen and oxygen atoms in total. The van der Waals surface area contributed by atoms with Crippen molar-refractivity contribution in [3.63, 3.8) is 0 Å². The van der Waals surface area contributed by atoms with E-state index >= 15 is 0 Å². The van der Waals surface area contributed by atoms with E-state index in [2.05, 4.69) is 0 Å². The van der Waals surface area contributed by atoms with Crippen LogP contribution in [0.25, 0.3) is 11.6 Å². The fourth-order valence-corrected chi connectivity index (χ4v) is 3.93. The Hall–Kier alpha value is -2.95. The van der Waals surface area contributed by atoms with E-state index in [1.54, 1.807) is 24.1 Å². The smallest absolute Gasteiger partial charge is 0.258 e. The highest BCUT2D eigenvalue weighted by Gasteiger charge is 2.30. The number of hydrogen-bond acceptors (Lipinski definition) is 3. The molecule has 6 heteroatoms. The third kappa shape index (κ3) is 4.27. The summed E-state index contributed by atoms with van der Waals surface area (Å²) in [6.45, 7) is 2.92. The van der Waals surface area contributed by atoms with Crippen molar-refractivity contribution in [1.82, 2.24) is 0 Å². The Labute approximate surface area is 191 Å². The van der Waals surface area contributed by atoms with Crippen LogP contribution in [0.1, 0.15) is 23.6 Å². The quantitative estimate of drug-likeness (QED) is 0.400. The number of hydrogen-bond donors (Lipinski definition) is 0. The number of anilines is 1. The number of ether oxygens (including phenoxy) is 2. The topological polar surface area (TPSA) is 38.8 Å². The number of para-hydroxylation sites is 1. The zero-order chi connectivity index (χ0) is 22.0. The molecule has 158 valence electrons. The number of amides is 1. The third-order valence-corrected chi connectivity index (χ3v) is 5.89. The first-order chi connectivity index (χ1) is 15.0. The third-order valence-electron chi connectivity index (χ3n) is 5.15. The van der Waals surface area contributed by atoms with Crippen LogP contribution in [0.4, 0.5) is 5.69 Å². The molecule has 0 bridgehead atoms. The molecule has 1 aliphatic rings. The number of benzene rings is 3. The molecular formula is C25H21Cl2NO3. The van der Waals surface area contributed by atoms with Crippen LogP contribution in [0.3, 0.4) is 0 Å². The lowest BCUT2D eigenvalue weighted by Gasteiger charge is -2.13. The van der Waals surface area contributed by atoms with E-state index in [9.17, 15) is 4.79 Å². The number of halogens is 2. The minimum atomic E-state index is 0.00242. The summed E-state index contributed by atoms with van der Waals surface area (Å²) in [5.41, 5.74) is 4.30. The number of rotatable bonds is 6. The van der Waals surface area contributed by atoms with Crippen LogP contribution < -0.4 is 14.4 Å². The van der Waals surface area contributed by atoms with Gasteiger partial charge in [-0.2, -0.15) is 0 Å². The van der Waals surface area contributed by atoms with Crippen molar-refractivity contribution >= 4 is 46.4 Å². The van der Waals surface area contributed by atoms with E-state index in [4.69, 9.17) is 32.7 Å². The van der Waals surface area contributed by atoms with Gasteiger partial charge in [-0.15, -0.1) is 0 Å². The van der Waals surface area contributed by atoms with E-state index in [0.29, 0.717) is 40.3 Å². The summed E-state index contributed by atoms with van der Waals surface area (Å²) in [4.78, 5) is 14.7. The lowest BCUT2D eigenvalue weighted by molar-refractivity contribution is -0.112. The molecule has 3 aromatic carbocycles. The van der Waals surface area contributed by atoms with E-state index in [1.807, 2.05) is 61.5 Å². The van der Waals surface area contributed by atoms with Crippen molar-refractivity contribution < 1.29 is 14.3 Å². The second-order valence-electron chi connectivity index (χ2n) is 7.07. The molecule has 0 aromatic heterocycles. The first kappa shape index (κ1) is 21.3. The van der Waals surface area contributed by atoms with Crippen molar-refractivity contribution in [1.29, 1.82) is 0 Å². The summed E-state index contributed by atoms with van der Waals surface area (Å²) >= 11 is 12.0. The molecule has 0 N–H and O–H groups in total. The van der Waals surface area contributed by atoms with Gasteiger partial charge in [-0.05, 0) is 54.5 Å². The first-order valence-corrected chi connectivity index (χ1v) is 10.6. The molecule has 1 amide bonds. The summed E-state index contributed by atoms with van der Waals surface area (Å²) in [5.74, 6) is 1.19. The molecule has 0 unspecified atom stereocenters. The molecule has 3 aromatic rings. The van der Waals surface area contributed by atoms with E-state index in [1.165, 1.54) is 0 Å². The fraction of sp³-hybridized carbons (Fsp3) is 0.160. The van der Waals surface area contributed by atoms with Crippen molar-refractivity contribution in [2.45, 2.75) is 13.5 Å². The van der Waals surface area contributed by atoms with Gasteiger partial charge in [0.25, 0.3) is 5.91 Å². The van der Waals surface area contributed by atoms with Crippen molar-refractivity contribution in [3.05, 3.63) is 87.4 Å². The Morgan fingerprint density at radius 1 is 0.968 bits per heavy atom. The first-order valence-electron chi connectivity index (χ1n) is 9.89. The average molecular weight is 454 g/mol. The Kier molecular flexibility index (Phi) is 6.21. The largest absolute Gasteiger partial charge is 0.493 e. The summed E-state index contributed by atoms with van der Waals surface area (Å²) in [7, 11) is 1.59. The molecule has 0 atom stereocenters. The van der Waals surface area contributed by atoms with Gasteiger partial charge >= 0.3 is 0 Å². The van der Waals surface area contributed by atoms with Crippen LogP contribution >= 0.6 is 23.2 Å². The minimum absolute atomic E-state index is 0.00242. The predicted octanol–water partition coefficient (Wildman–Crippen LogP) is 6.49. The van der Waals surface area contributed by atoms with E-state index < -0.39 is 0 Å². The Balaban J connectivity index is 1.60. The molecule has 0 spiro atoms. The zero-order valence-corrected chi connectivity index (χ0v) is 18.7. The highest BCUT2D eigenvalue weighted by Crippen LogP contribution is 2.38. The molecule has 0 radical (unpaired) electrons. The molecule has 0 aliphatic carbocycles. The average Bonchev–Trinajstić information content (AvgIpc) is 3.05. The van der Waals surface area contributed by atoms with Gasteiger partial charge in [-0.3, -0.25) is 4.79 Å². The second-order valence-corrected chi connectivity index (χ2v) is 7.89. The van der Waals surface area contributed by atoms with Gasteiger partial charge in [-0.25, -0.2) is 0 Å². The minimum Gasteiger partial charge on any atom is -0.493 e. The van der Waals surface area contributed by atoms with E-state index in [-0.39, 0.29) is 5.91 Å². The van der Waals surface area contributed by atoms with Crippen LogP contribution in [0.5, 0.6) is 11.5 Å². The lowest BCUT2D eigenvalue weighted by atomic mass is 10.0. The zero-order valence-electron chi connectivity index (χ0n) is 17.2. The summed E-state index contributed by atoms with van der Waals surface area (Å²) in [5, 5.41) is 0.990. The summed E-state index contributed by atoms with van der Waals surface area (Å²) in [6, 6.07) is 18.8. The van der Waals surface area contributed by atoms with Crippen LogP contribution in [-0.4, -0.2) is 19.6 Å². The van der Waals surface area contributed by atoms with Gasteiger partial charge in [0, 0.05) is 17.7 Å². The van der Waals surface area contributed by atoms with E-state index in [0.717, 1.165) is 22.4 Å². The van der Waals surface area contributed by atoms with Gasteiger partial charge in [0.05, 0.1) is 22.8 Å². The van der Waals surface area contributed by atoms with Gasteiger partial charge < -0.3 is 14.4 Å². The highest BCUT2D eigenvalue weighted by atomic mass is 35.5. The number of fused-ring (bicyclic) bond motifs is 1. The monoisotopic (exact) mass is 453 g/mol. The normalized spacial score (nSPS) is 14.1. The molecule has 0 saturated heterocycles. The Morgan fingerprint density at radius 2 is 1.77 bits per heavy atom. The molecular weight excluding hydrogens is 433 g/mol. The van der Waals surface area contributed by atoms with Crippen LogP contribution in [0, 0.1) is 0 Å². The van der Waals surface area contributed by atoms with Crippen LogP contribution in [0.2, 0.25) is 10.0 Å². The Morgan fingerprint density at radius 3 is 2.52 bits per heavy atom. The highest BCUT2D eigenvalue weighted by molar-refractivity contribution is 6.42. The SMILES string of the molecule is CCN1C(=O)/C(=C\c2ccc(OCc3ccc(Cl)c(Cl)c3)c(OC)c2)c2ccccc21. The maximum absolute atomic E-state index is 12.9. The van der Waals surface area contributed by atoms with Gasteiger partial charge in [0.2, 0.25) is 0 Å². The number of likely N-dealkylation sites (N-methyl/N-ethyl adjacent to an activating group) is 1. The standard InChI is InChI=1S/C25H21Cl2NO3/c1-3-28-22-7-5-4-6-18(22)19(25(28)29)12-16-9-11-23(24(14-16)30-2)31-15-17-8-10-20(26)21(27)13-17/h4-14H,3,15H2,1-2H3/b19-12-. The maximum atomic E-state index is 12.9. The van der Waals surface area contributed by atoms with Crippen molar-refractivity contribution in [2.24, 2.45) is 0 Å². The summed E-state index contributed by atoms with van der Waals surface area (Å²) in [6.07, 6.45) is 1.89. The number of carbonyl (C=O) groups excluding carboxylic acids is 1. The Bertz CT molecular complexity index is 1170. The number of methoxy groups -OCH3 is 1. The predicted molar refractivity (Wildman–Crippen MR) is 126 cm³/mol. The molecule has 0 fully saturated rings. The molecule has 0 saturated carbocycles. The molecule has 4 rings (SSSR count).